The van der Waals surface area contributed by atoms with E-state index in [2.05, 4.69) is 13.0 Å². The fraction of sp³-hybridized carbons (Fsp3) is 0.750. The summed E-state index contributed by atoms with van der Waals surface area (Å²) in [5, 5.41) is 0. The first-order valence-corrected chi connectivity index (χ1v) is 7.70. The van der Waals surface area contributed by atoms with Gasteiger partial charge < -0.3 is 14.2 Å². The highest BCUT2D eigenvalue weighted by atomic mass is 16.6. The summed E-state index contributed by atoms with van der Waals surface area (Å²) in [5.41, 5.74) is 0.522. The minimum atomic E-state index is -0.482. The Bertz CT molecular complexity index is 428. The van der Waals surface area contributed by atoms with E-state index in [1.165, 1.54) is 0 Å². The molecule has 1 fully saturated rings. The number of cyclic esters (lactones) is 1. The molecule has 2 aliphatic rings. The van der Waals surface area contributed by atoms with Gasteiger partial charge in [-0.1, -0.05) is 19.4 Å². The summed E-state index contributed by atoms with van der Waals surface area (Å²) in [6.45, 7) is 2.68. The van der Waals surface area contributed by atoms with Crippen molar-refractivity contribution >= 4 is 11.9 Å². The van der Waals surface area contributed by atoms with Gasteiger partial charge in [-0.25, -0.2) is 0 Å². The highest BCUT2D eigenvalue weighted by Crippen LogP contribution is 2.50. The molecule has 2 rings (SSSR count). The molecule has 0 N–H and O–H groups in total. The van der Waals surface area contributed by atoms with Crippen molar-refractivity contribution in [3.8, 4) is 0 Å². The van der Waals surface area contributed by atoms with Crippen molar-refractivity contribution in [2.24, 2.45) is 5.41 Å². The quantitative estimate of drug-likeness (QED) is 0.410. The SMILES string of the molecule is CCC[C@]12CCCC=C1C(CC(=O)OCCOC)OC2=O. The standard InChI is InChI=1S/C16H24O5/c1-3-7-16-8-5-4-6-12(16)13(21-15(16)18)11-14(17)20-10-9-19-2/h6,13H,3-5,7-11H2,1-2H3/t13?,16-/m0/s1. The number of carbonyl (C=O) groups is 2. The topological polar surface area (TPSA) is 61.8 Å². The molecule has 0 aromatic heterocycles. The molecule has 0 saturated carbocycles. The number of allylic oxidation sites excluding steroid dienone is 1. The van der Waals surface area contributed by atoms with E-state index in [4.69, 9.17) is 14.2 Å². The summed E-state index contributed by atoms with van der Waals surface area (Å²) >= 11 is 0. The second kappa shape index (κ2) is 7.07. The van der Waals surface area contributed by atoms with Crippen LogP contribution in [0.15, 0.2) is 11.6 Å². The number of hydrogen-bond donors (Lipinski definition) is 0. The molecule has 21 heavy (non-hydrogen) atoms. The van der Waals surface area contributed by atoms with E-state index in [9.17, 15) is 9.59 Å². The van der Waals surface area contributed by atoms with Gasteiger partial charge >= 0.3 is 11.9 Å². The van der Waals surface area contributed by atoms with Crippen LogP contribution in [0.5, 0.6) is 0 Å². The molecule has 0 bridgehead atoms. The van der Waals surface area contributed by atoms with Crippen molar-refractivity contribution in [1.82, 2.24) is 0 Å². The molecule has 0 amide bonds. The normalized spacial score (nSPS) is 27.8. The van der Waals surface area contributed by atoms with Crippen molar-refractivity contribution in [1.29, 1.82) is 0 Å². The van der Waals surface area contributed by atoms with Crippen LogP contribution in [0.2, 0.25) is 0 Å². The molecule has 2 atom stereocenters. The lowest BCUT2D eigenvalue weighted by atomic mass is 9.69. The van der Waals surface area contributed by atoms with Crippen LogP contribution in [0, 0.1) is 5.41 Å². The zero-order chi connectivity index (χ0) is 15.3. The van der Waals surface area contributed by atoms with E-state index >= 15 is 0 Å². The molecule has 0 aromatic carbocycles. The molecular weight excluding hydrogens is 272 g/mol. The average Bonchev–Trinajstić information content (AvgIpc) is 2.73. The largest absolute Gasteiger partial charge is 0.463 e. The maximum absolute atomic E-state index is 12.3. The predicted octanol–water partition coefficient (Wildman–Crippen LogP) is 2.39. The van der Waals surface area contributed by atoms with Crippen LogP contribution < -0.4 is 0 Å². The highest BCUT2D eigenvalue weighted by Gasteiger charge is 2.53. The van der Waals surface area contributed by atoms with Gasteiger partial charge in [-0.15, -0.1) is 0 Å². The van der Waals surface area contributed by atoms with Crippen LogP contribution >= 0.6 is 0 Å². The summed E-state index contributed by atoms with van der Waals surface area (Å²) in [4.78, 5) is 24.2. The fourth-order valence-corrected chi connectivity index (χ4v) is 3.37. The Labute approximate surface area is 125 Å². The van der Waals surface area contributed by atoms with Crippen LogP contribution in [0.4, 0.5) is 0 Å². The van der Waals surface area contributed by atoms with Gasteiger partial charge in [0.15, 0.2) is 0 Å². The van der Waals surface area contributed by atoms with Crippen molar-refractivity contribution in [2.45, 2.75) is 51.6 Å². The first-order chi connectivity index (χ1) is 10.1. The number of carbonyl (C=O) groups excluding carboxylic acids is 2. The van der Waals surface area contributed by atoms with E-state index in [0.717, 1.165) is 37.7 Å². The van der Waals surface area contributed by atoms with E-state index in [1.54, 1.807) is 7.11 Å². The van der Waals surface area contributed by atoms with Gasteiger partial charge in [0.1, 0.15) is 12.7 Å². The summed E-state index contributed by atoms with van der Waals surface area (Å²) in [5.74, 6) is -0.506. The first kappa shape index (κ1) is 16.0. The van der Waals surface area contributed by atoms with Crippen molar-refractivity contribution in [2.75, 3.05) is 20.3 Å². The van der Waals surface area contributed by atoms with E-state index in [1.807, 2.05) is 0 Å². The fourth-order valence-electron chi connectivity index (χ4n) is 3.37. The second-order valence-corrected chi connectivity index (χ2v) is 5.70. The number of hydrogen-bond acceptors (Lipinski definition) is 5. The van der Waals surface area contributed by atoms with Crippen molar-refractivity contribution in [3.63, 3.8) is 0 Å². The van der Waals surface area contributed by atoms with E-state index < -0.39 is 11.5 Å². The molecule has 0 radical (unpaired) electrons. The van der Waals surface area contributed by atoms with E-state index in [-0.39, 0.29) is 25.0 Å². The van der Waals surface area contributed by atoms with Gasteiger partial charge in [0.05, 0.1) is 18.4 Å². The Hall–Kier alpha value is -1.36. The zero-order valence-electron chi connectivity index (χ0n) is 12.9. The number of methoxy groups -OCH3 is 1. The predicted molar refractivity (Wildman–Crippen MR) is 76.6 cm³/mol. The Morgan fingerprint density at radius 3 is 3.00 bits per heavy atom. The lowest BCUT2D eigenvalue weighted by Gasteiger charge is -2.30. The molecule has 1 aliphatic heterocycles. The summed E-state index contributed by atoms with van der Waals surface area (Å²) in [6, 6.07) is 0. The van der Waals surface area contributed by atoms with Gasteiger partial charge in [0.2, 0.25) is 0 Å². The molecule has 0 spiro atoms. The molecule has 5 nitrogen and oxygen atoms in total. The van der Waals surface area contributed by atoms with E-state index in [0.29, 0.717) is 6.61 Å². The monoisotopic (exact) mass is 296 g/mol. The smallest absolute Gasteiger partial charge is 0.316 e. The molecular formula is C16H24O5. The molecule has 1 aliphatic carbocycles. The lowest BCUT2D eigenvalue weighted by molar-refractivity contribution is -0.153. The molecule has 1 saturated heterocycles. The Morgan fingerprint density at radius 1 is 1.48 bits per heavy atom. The third-order valence-corrected chi connectivity index (χ3v) is 4.29. The molecule has 0 aromatic rings. The van der Waals surface area contributed by atoms with Crippen LogP contribution in [-0.4, -0.2) is 38.4 Å². The number of ether oxygens (including phenoxy) is 3. The maximum atomic E-state index is 12.3. The van der Waals surface area contributed by atoms with Gasteiger partial charge in [0, 0.05) is 7.11 Å². The third kappa shape index (κ3) is 3.28. The molecule has 118 valence electrons. The van der Waals surface area contributed by atoms with Crippen molar-refractivity contribution in [3.05, 3.63) is 11.6 Å². The Morgan fingerprint density at radius 2 is 2.29 bits per heavy atom. The number of esters is 2. The van der Waals surface area contributed by atoms with Gasteiger partial charge in [-0.05, 0) is 31.3 Å². The van der Waals surface area contributed by atoms with Crippen LogP contribution in [0.1, 0.15) is 45.4 Å². The van der Waals surface area contributed by atoms with Gasteiger partial charge in [-0.3, -0.25) is 9.59 Å². The van der Waals surface area contributed by atoms with Crippen LogP contribution in [0.25, 0.3) is 0 Å². The summed E-state index contributed by atoms with van der Waals surface area (Å²) in [6.07, 6.45) is 6.27. The molecule has 1 unspecified atom stereocenters. The van der Waals surface area contributed by atoms with Crippen LogP contribution in [-0.2, 0) is 23.8 Å². The minimum absolute atomic E-state index is 0.104. The summed E-state index contributed by atoms with van der Waals surface area (Å²) in [7, 11) is 1.55. The minimum Gasteiger partial charge on any atom is -0.463 e. The number of fused-ring (bicyclic) bond motifs is 1. The van der Waals surface area contributed by atoms with Crippen molar-refractivity contribution < 1.29 is 23.8 Å². The second-order valence-electron chi connectivity index (χ2n) is 5.70. The Balaban J connectivity index is 2.03. The van der Waals surface area contributed by atoms with Crippen LogP contribution in [0.3, 0.4) is 0 Å². The highest BCUT2D eigenvalue weighted by molar-refractivity contribution is 5.86. The molecule has 1 heterocycles. The first-order valence-electron chi connectivity index (χ1n) is 7.70. The lowest BCUT2D eigenvalue weighted by Crippen LogP contribution is -2.30. The zero-order valence-corrected chi connectivity index (χ0v) is 12.9. The average molecular weight is 296 g/mol. The number of rotatable bonds is 7. The maximum Gasteiger partial charge on any atom is 0.316 e. The third-order valence-electron chi connectivity index (χ3n) is 4.29. The molecule has 5 heteroatoms. The summed E-state index contributed by atoms with van der Waals surface area (Å²) < 4.78 is 15.4. The Kier molecular flexibility index (Phi) is 5.39. The van der Waals surface area contributed by atoms with Gasteiger partial charge in [-0.2, -0.15) is 0 Å². The van der Waals surface area contributed by atoms with Gasteiger partial charge in [0.25, 0.3) is 0 Å².